The Bertz CT molecular complexity index is 344. The second-order valence-electron chi connectivity index (χ2n) is 3.87. The van der Waals surface area contributed by atoms with Gasteiger partial charge in [0.1, 0.15) is 0 Å². The zero-order valence-electron chi connectivity index (χ0n) is 9.40. The highest BCUT2D eigenvalue weighted by Gasteiger charge is 2.17. The molecule has 84 valence electrons. The van der Waals surface area contributed by atoms with Crippen LogP contribution in [0.3, 0.4) is 0 Å². The van der Waals surface area contributed by atoms with Gasteiger partial charge in [-0.2, -0.15) is 0 Å². The van der Waals surface area contributed by atoms with Gasteiger partial charge in [0.05, 0.1) is 17.8 Å². The molecule has 1 rings (SSSR count). The molecule has 0 saturated heterocycles. The molecule has 0 bridgehead atoms. The molecule has 0 aliphatic carbocycles. The Hall–Kier alpha value is -1.39. The molecule has 0 aliphatic heterocycles. The predicted molar refractivity (Wildman–Crippen MR) is 55.7 cm³/mol. The Kier molecular flexibility index (Phi) is 3.82. The van der Waals surface area contributed by atoms with E-state index in [1.807, 2.05) is 18.5 Å². The number of carboxylic acid groups (broad SMARTS) is 1. The zero-order valence-corrected chi connectivity index (χ0v) is 9.40. The number of nitrogens with zero attached hydrogens (tertiary/aromatic N) is 3. The highest BCUT2D eigenvalue weighted by Crippen LogP contribution is 2.18. The van der Waals surface area contributed by atoms with Crippen LogP contribution in [0.15, 0.2) is 0 Å². The van der Waals surface area contributed by atoms with Crippen LogP contribution in [0.2, 0.25) is 0 Å². The Morgan fingerprint density at radius 2 is 2.20 bits per heavy atom. The molecule has 1 aromatic heterocycles. The molecular formula is C10H17N3O2. The molecule has 0 aliphatic rings. The van der Waals surface area contributed by atoms with Crippen LogP contribution in [0.5, 0.6) is 0 Å². The maximum atomic E-state index is 10.6. The third kappa shape index (κ3) is 2.78. The van der Waals surface area contributed by atoms with Crippen LogP contribution < -0.4 is 0 Å². The van der Waals surface area contributed by atoms with E-state index in [0.717, 1.165) is 18.7 Å². The summed E-state index contributed by atoms with van der Waals surface area (Å²) in [4.78, 5) is 10.6. The molecule has 0 aromatic carbocycles. The minimum absolute atomic E-state index is 0.0444. The van der Waals surface area contributed by atoms with Crippen molar-refractivity contribution in [3.05, 3.63) is 11.4 Å². The quantitative estimate of drug-likeness (QED) is 0.800. The third-order valence-electron chi connectivity index (χ3n) is 2.15. The number of carbonyl (C=O) groups is 1. The highest BCUT2D eigenvalue weighted by molar-refractivity contribution is 5.69. The summed E-state index contributed by atoms with van der Waals surface area (Å²) in [6.45, 7) is 6.90. The van der Waals surface area contributed by atoms with Crippen LogP contribution in [0.25, 0.3) is 0 Å². The van der Waals surface area contributed by atoms with E-state index in [-0.39, 0.29) is 12.3 Å². The monoisotopic (exact) mass is 211 g/mol. The number of carboxylic acids is 1. The summed E-state index contributed by atoms with van der Waals surface area (Å²) in [5, 5.41) is 16.6. The highest BCUT2D eigenvalue weighted by atomic mass is 16.4. The van der Waals surface area contributed by atoms with E-state index < -0.39 is 5.97 Å². The molecule has 1 heterocycles. The number of aromatic nitrogens is 3. The molecule has 0 amide bonds. The Morgan fingerprint density at radius 1 is 1.53 bits per heavy atom. The van der Waals surface area contributed by atoms with Gasteiger partial charge in [-0.3, -0.25) is 4.79 Å². The first-order chi connectivity index (χ1) is 7.06. The summed E-state index contributed by atoms with van der Waals surface area (Å²) in [6, 6.07) is 0. The van der Waals surface area contributed by atoms with Crippen molar-refractivity contribution in [3.63, 3.8) is 0 Å². The van der Waals surface area contributed by atoms with Crippen molar-refractivity contribution in [1.29, 1.82) is 0 Å². The molecule has 5 heteroatoms. The zero-order chi connectivity index (χ0) is 11.4. The van der Waals surface area contributed by atoms with Crippen LogP contribution in [-0.4, -0.2) is 26.1 Å². The maximum Gasteiger partial charge on any atom is 0.309 e. The van der Waals surface area contributed by atoms with E-state index in [9.17, 15) is 4.79 Å². The molecule has 0 saturated carbocycles. The minimum Gasteiger partial charge on any atom is -0.481 e. The number of aliphatic carboxylic acids is 1. The smallest absolute Gasteiger partial charge is 0.309 e. The molecule has 0 spiro atoms. The lowest BCUT2D eigenvalue weighted by Crippen LogP contribution is -2.09. The summed E-state index contributed by atoms with van der Waals surface area (Å²) in [7, 11) is 0. The summed E-state index contributed by atoms with van der Waals surface area (Å²) < 4.78 is 1.81. The largest absolute Gasteiger partial charge is 0.481 e. The van der Waals surface area contributed by atoms with Crippen molar-refractivity contribution in [2.45, 2.75) is 46.1 Å². The fourth-order valence-corrected chi connectivity index (χ4v) is 1.63. The van der Waals surface area contributed by atoms with E-state index in [1.165, 1.54) is 0 Å². The van der Waals surface area contributed by atoms with Crippen LogP contribution in [0.4, 0.5) is 0 Å². The van der Waals surface area contributed by atoms with E-state index in [2.05, 4.69) is 17.2 Å². The van der Waals surface area contributed by atoms with Crippen LogP contribution >= 0.6 is 0 Å². The van der Waals surface area contributed by atoms with Gasteiger partial charge in [0.25, 0.3) is 0 Å². The predicted octanol–water partition coefficient (Wildman–Crippen LogP) is 1.44. The molecule has 0 atom stereocenters. The van der Waals surface area contributed by atoms with Gasteiger partial charge in [-0.1, -0.05) is 26.0 Å². The van der Waals surface area contributed by atoms with Crippen molar-refractivity contribution >= 4 is 5.97 Å². The van der Waals surface area contributed by atoms with Crippen molar-refractivity contribution in [3.8, 4) is 0 Å². The van der Waals surface area contributed by atoms with Crippen LogP contribution in [-0.2, 0) is 17.8 Å². The fraction of sp³-hybridized carbons (Fsp3) is 0.700. The molecular weight excluding hydrogens is 194 g/mol. The second kappa shape index (κ2) is 4.91. The van der Waals surface area contributed by atoms with E-state index in [4.69, 9.17) is 5.11 Å². The maximum absolute atomic E-state index is 10.6. The average molecular weight is 211 g/mol. The first-order valence-electron chi connectivity index (χ1n) is 5.20. The van der Waals surface area contributed by atoms with Crippen LogP contribution in [0, 0.1) is 0 Å². The van der Waals surface area contributed by atoms with Gasteiger partial charge in [0, 0.05) is 6.54 Å². The molecule has 1 N–H and O–H groups in total. The first-order valence-corrected chi connectivity index (χ1v) is 5.20. The van der Waals surface area contributed by atoms with Crippen molar-refractivity contribution in [2.75, 3.05) is 0 Å². The van der Waals surface area contributed by atoms with E-state index >= 15 is 0 Å². The van der Waals surface area contributed by atoms with Gasteiger partial charge in [0.2, 0.25) is 0 Å². The molecule has 0 fully saturated rings. The SMILES string of the molecule is CCCn1nnc(CC(=O)O)c1C(C)C. The first kappa shape index (κ1) is 11.7. The summed E-state index contributed by atoms with van der Waals surface area (Å²) in [5.74, 6) is -0.610. The van der Waals surface area contributed by atoms with Gasteiger partial charge in [0.15, 0.2) is 0 Å². The second-order valence-corrected chi connectivity index (χ2v) is 3.87. The topological polar surface area (TPSA) is 68.0 Å². The normalized spacial score (nSPS) is 10.9. The number of hydrogen-bond donors (Lipinski definition) is 1. The molecule has 0 unspecified atom stereocenters. The van der Waals surface area contributed by atoms with Gasteiger partial charge < -0.3 is 5.11 Å². The average Bonchev–Trinajstić information content (AvgIpc) is 2.47. The Balaban J connectivity index is 3.00. The molecule has 0 radical (unpaired) electrons. The number of hydrogen-bond acceptors (Lipinski definition) is 3. The van der Waals surface area contributed by atoms with Crippen molar-refractivity contribution in [1.82, 2.24) is 15.0 Å². The Morgan fingerprint density at radius 3 is 2.67 bits per heavy atom. The lowest BCUT2D eigenvalue weighted by Gasteiger charge is -2.09. The summed E-state index contributed by atoms with van der Waals surface area (Å²) in [5.41, 5.74) is 1.53. The standard InChI is InChI=1S/C10H17N3O2/c1-4-5-13-10(7(2)3)8(11-12-13)6-9(14)15/h7H,4-6H2,1-3H3,(H,14,15). The summed E-state index contributed by atoms with van der Waals surface area (Å²) in [6.07, 6.45) is 0.923. The lowest BCUT2D eigenvalue weighted by atomic mass is 10.1. The van der Waals surface area contributed by atoms with Gasteiger partial charge in [-0.15, -0.1) is 5.10 Å². The number of aryl methyl sites for hydroxylation is 1. The van der Waals surface area contributed by atoms with Gasteiger partial charge in [-0.05, 0) is 12.3 Å². The van der Waals surface area contributed by atoms with Crippen molar-refractivity contribution in [2.24, 2.45) is 0 Å². The fourth-order valence-electron chi connectivity index (χ4n) is 1.63. The Labute approximate surface area is 89.1 Å². The van der Waals surface area contributed by atoms with E-state index in [1.54, 1.807) is 0 Å². The molecule has 5 nitrogen and oxygen atoms in total. The molecule has 1 aromatic rings. The van der Waals surface area contributed by atoms with Crippen molar-refractivity contribution < 1.29 is 9.90 Å². The third-order valence-corrected chi connectivity index (χ3v) is 2.15. The number of rotatable bonds is 5. The van der Waals surface area contributed by atoms with E-state index in [0.29, 0.717) is 5.69 Å². The van der Waals surface area contributed by atoms with Gasteiger partial charge >= 0.3 is 5.97 Å². The lowest BCUT2D eigenvalue weighted by molar-refractivity contribution is -0.136. The van der Waals surface area contributed by atoms with Gasteiger partial charge in [-0.25, -0.2) is 4.68 Å². The molecule has 15 heavy (non-hydrogen) atoms. The van der Waals surface area contributed by atoms with Crippen LogP contribution in [0.1, 0.15) is 44.5 Å². The minimum atomic E-state index is -0.861. The summed E-state index contributed by atoms with van der Waals surface area (Å²) >= 11 is 0.